The van der Waals surface area contributed by atoms with Crippen LogP contribution in [0.4, 0.5) is 5.82 Å². The SMILES string of the molecule is N#Cc1ccnc(N2CCOCC2)c1Cl. The highest BCUT2D eigenvalue weighted by Crippen LogP contribution is 2.26. The summed E-state index contributed by atoms with van der Waals surface area (Å²) in [6, 6.07) is 3.66. The zero-order valence-electron chi connectivity index (χ0n) is 8.11. The molecule has 0 atom stereocenters. The molecule has 4 nitrogen and oxygen atoms in total. The maximum absolute atomic E-state index is 8.84. The van der Waals surface area contributed by atoms with Gasteiger partial charge in [0.15, 0.2) is 0 Å². The Balaban J connectivity index is 2.31. The monoisotopic (exact) mass is 223 g/mol. The van der Waals surface area contributed by atoms with E-state index >= 15 is 0 Å². The second kappa shape index (κ2) is 4.47. The minimum atomic E-state index is 0.432. The molecule has 1 aliphatic heterocycles. The maximum Gasteiger partial charge on any atom is 0.148 e. The molecule has 1 saturated heterocycles. The van der Waals surface area contributed by atoms with Gasteiger partial charge in [-0.25, -0.2) is 4.98 Å². The topological polar surface area (TPSA) is 49.2 Å². The van der Waals surface area contributed by atoms with Crippen LogP contribution >= 0.6 is 11.6 Å². The Hall–Kier alpha value is -1.31. The van der Waals surface area contributed by atoms with Crippen molar-refractivity contribution in [3.05, 3.63) is 22.8 Å². The fourth-order valence-corrected chi connectivity index (χ4v) is 1.79. The minimum absolute atomic E-state index is 0.432. The molecular formula is C10H10ClN3O. The number of ether oxygens (including phenoxy) is 1. The van der Waals surface area contributed by atoms with Crippen LogP contribution in [0, 0.1) is 11.3 Å². The summed E-state index contributed by atoms with van der Waals surface area (Å²) in [4.78, 5) is 6.23. The van der Waals surface area contributed by atoms with E-state index in [1.807, 2.05) is 11.0 Å². The lowest BCUT2D eigenvalue weighted by atomic mass is 10.2. The first kappa shape index (κ1) is 10.2. The van der Waals surface area contributed by atoms with Crippen molar-refractivity contribution in [1.82, 2.24) is 4.98 Å². The number of aromatic nitrogens is 1. The van der Waals surface area contributed by atoms with Crippen LogP contribution in [0.5, 0.6) is 0 Å². The lowest BCUT2D eigenvalue weighted by Gasteiger charge is -2.28. The van der Waals surface area contributed by atoms with Gasteiger partial charge in [0.05, 0.1) is 18.8 Å². The molecule has 0 spiro atoms. The van der Waals surface area contributed by atoms with E-state index in [1.54, 1.807) is 12.3 Å². The summed E-state index contributed by atoms with van der Waals surface area (Å²) in [5, 5.41) is 9.27. The number of pyridine rings is 1. The second-order valence-corrected chi connectivity index (χ2v) is 3.59. The Bertz CT molecular complexity index is 396. The number of hydrogen-bond donors (Lipinski definition) is 0. The largest absolute Gasteiger partial charge is 0.378 e. The predicted molar refractivity (Wildman–Crippen MR) is 57.0 cm³/mol. The van der Waals surface area contributed by atoms with Crippen LogP contribution in [0.15, 0.2) is 12.3 Å². The number of halogens is 1. The van der Waals surface area contributed by atoms with Gasteiger partial charge in [0.25, 0.3) is 0 Å². The van der Waals surface area contributed by atoms with E-state index < -0.39 is 0 Å². The summed E-state index contributed by atoms with van der Waals surface area (Å²) in [6.45, 7) is 2.88. The van der Waals surface area contributed by atoms with E-state index in [0.717, 1.165) is 13.1 Å². The molecule has 0 unspecified atom stereocenters. The van der Waals surface area contributed by atoms with E-state index in [9.17, 15) is 0 Å². The Morgan fingerprint density at radius 2 is 2.20 bits per heavy atom. The molecule has 0 radical (unpaired) electrons. The van der Waals surface area contributed by atoms with E-state index in [4.69, 9.17) is 21.6 Å². The third-order valence-electron chi connectivity index (χ3n) is 2.30. The van der Waals surface area contributed by atoms with Gasteiger partial charge >= 0.3 is 0 Å². The molecule has 0 saturated carbocycles. The van der Waals surface area contributed by atoms with Crippen LogP contribution in [0.1, 0.15) is 5.56 Å². The highest BCUT2D eigenvalue weighted by molar-refractivity contribution is 6.34. The summed E-state index contributed by atoms with van der Waals surface area (Å²) in [6.07, 6.45) is 1.61. The molecule has 1 aliphatic rings. The minimum Gasteiger partial charge on any atom is -0.378 e. The van der Waals surface area contributed by atoms with E-state index in [2.05, 4.69) is 4.98 Å². The number of hydrogen-bond acceptors (Lipinski definition) is 4. The van der Waals surface area contributed by atoms with Crippen molar-refractivity contribution in [2.75, 3.05) is 31.2 Å². The van der Waals surface area contributed by atoms with Crippen molar-refractivity contribution >= 4 is 17.4 Å². The number of anilines is 1. The van der Waals surface area contributed by atoms with Gasteiger partial charge < -0.3 is 9.64 Å². The molecule has 78 valence electrons. The molecule has 2 heterocycles. The van der Waals surface area contributed by atoms with Crippen LogP contribution in [-0.4, -0.2) is 31.3 Å². The Morgan fingerprint density at radius 1 is 1.47 bits per heavy atom. The Morgan fingerprint density at radius 3 is 2.87 bits per heavy atom. The van der Waals surface area contributed by atoms with Crippen LogP contribution in [0.2, 0.25) is 5.02 Å². The average Bonchev–Trinajstić information content (AvgIpc) is 2.30. The van der Waals surface area contributed by atoms with E-state index in [1.165, 1.54) is 0 Å². The number of nitriles is 1. The number of nitrogens with zero attached hydrogens (tertiary/aromatic N) is 3. The molecule has 0 aliphatic carbocycles. The van der Waals surface area contributed by atoms with Crippen LogP contribution in [0.3, 0.4) is 0 Å². The third-order valence-corrected chi connectivity index (χ3v) is 2.67. The summed E-state index contributed by atoms with van der Waals surface area (Å²) >= 11 is 6.07. The summed E-state index contributed by atoms with van der Waals surface area (Å²) in [5.41, 5.74) is 0.466. The predicted octanol–water partition coefficient (Wildman–Crippen LogP) is 1.44. The third kappa shape index (κ3) is 2.04. The van der Waals surface area contributed by atoms with Gasteiger partial charge in [-0.05, 0) is 6.07 Å². The van der Waals surface area contributed by atoms with Crippen molar-refractivity contribution in [3.8, 4) is 6.07 Å². The molecule has 2 rings (SSSR count). The van der Waals surface area contributed by atoms with Gasteiger partial charge in [0.1, 0.15) is 16.9 Å². The van der Waals surface area contributed by atoms with Crippen LogP contribution < -0.4 is 4.90 Å². The van der Waals surface area contributed by atoms with Crippen molar-refractivity contribution in [1.29, 1.82) is 5.26 Å². The maximum atomic E-state index is 8.84. The average molecular weight is 224 g/mol. The van der Waals surface area contributed by atoms with E-state index in [0.29, 0.717) is 29.6 Å². The zero-order chi connectivity index (χ0) is 10.7. The number of morpholine rings is 1. The molecule has 1 aromatic rings. The first-order valence-corrected chi connectivity index (χ1v) is 5.08. The van der Waals surface area contributed by atoms with Crippen LogP contribution in [-0.2, 0) is 4.74 Å². The zero-order valence-corrected chi connectivity index (χ0v) is 8.87. The van der Waals surface area contributed by atoms with Crippen molar-refractivity contribution in [3.63, 3.8) is 0 Å². The Labute approximate surface area is 93.0 Å². The molecule has 0 N–H and O–H groups in total. The van der Waals surface area contributed by atoms with Gasteiger partial charge in [-0.3, -0.25) is 0 Å². The van der Waals surface area contributed by atoms with Gasteiger partial charge in [-0.1, -0.05) is 11.6 Å². The first-order valence-electron chi connectivity index (χ1n) is 4.70. The number of rotatable bonds is 1. The molecule has 1 fully saturated rings. The molecule has 5 heteroatoms. The van der Waals surface area contributed by atoms with Crippen molar-refractivity contribution < 1.29 is 4.74 Å². The van der Waals surface area contributed by atoms with E-state index in [-0.39, 0.29) is 0 Å². The molecular weight excluding hydrogens is 214 g/mol. The molecule has 1 aromatic heterocycles. The smallest absolute Gasteiger partial charge is 0.148 e. The molecule has 15 heavy (non-hydrogen) atoms. The van der Waals surface area contributed by atoms with Gasteiger partial charge in [0, 0.05) is 19.3 Å². The lowest BCUT2D eigenvalue weighted by Crippen LogP contribution is -2.37. The van der Waals surface area contributed by atoms with Crippen molar-refractivity contribution in [2.45, 2.75) is 0 Å². The van der Waals surface area contributed by atoms with Gasteiger partial charge in [0.2, 0.25) is 0 Å². The standard InChI is InChI=1S/C10H10ClN3O/c11-9-8(7-12)1-2-13-10(9)14-3-5-15-6-4-14/h1-2H,3-6H2. The molecule has 0 bridgehead atoms. The molecule has 0 aromatic carbocycles. The lowest BCUT2D eigenvalue weighted by molar-refractivity contribution is 0.122. The highest BCUT2D eigenvalue weighted by atomic mass is 35.5. The summed E-state index contributed by atoms with van der Waals surface area (Å²) in [7, 11) is 0. The van der Waals surface area contributed by atoms with Crippen molar-refractivity contribution in [2.24, 2.45) is 0 Å². The highest BCUT2D eigenvalue weighted by Gasteiger charge is 2.17. The quantitative estimate of drug-likeness (QED) is 0.723. The Kier molecular flexibility index (Phi) is 3.05. The second-order valence-electron chi connectivity index (χ2n) is 3.21. The normalized spacial score (nSPS) is 16.1. The van der Waals surface area contributed by atoms with Gasteiger partial charge in [-0.15, -0.1) is 0 Å². The fourth-order valence-electron chi connectivity index (χ4n) is 1.51. The molecule has 0 amide bonds. The fraction of sp³-hybridized carbons (Fsp3) is 0.400. The van der Waals surface area contributed by atoms with Gasteiger partial charge in [-0.2, -0.15) is 5.26 Å². The summed E-state index contributed by atoms with van der Waals surface area (Å²) in [5.74, 6) is 0.680. The first-order chi connectivity index (χ1) is 7.33. The van der Waals surface area contributed by atoms with Crippen LogP contribution in [0.25, 0.3) is 0 Å². The summed E-state index contributed by atoms with van der Waals surface area (Å²) < 4.78 is 5.24.